The van der Waals surface area contributed by atoms with Crippen molar-refractivity contribution in [2.45, 2.75) is 31.8 Å². The molecule has 6 heteroatoms. The number of nitrogens with one attached hydrogen (secondary N) is 2. The fourth-order valence-electron chi connectivity index (χ4n) is 2.03. The maximum atomic E-state index is 11.9. The average molecular weight is 296 g/mol. The quantitative estimate of drug-likeness (QED) is 0.832. The summed E-state index contributed by atoms with van der Waals surface area (Å²) in [6.07, 6.45) is 3.31. The minimum absolute atomic E-state index is 0.0610. The Kier molecular flexibility index (Phi) is 4.32. The van der Waals surface area contributed by atoms with Crippen LogP contribution in [0.25, 0.3) is 0 Å². The van der Waals surface area contributed by atoms with E-state index < -0.39 is 9.84 Å². The molecule has 1 aromatic rings. The van der Waals surface area contributed by atoms with Crippen LogP contribution in [0.4, 0.5) is 5.69 Å². The molecule has 0 spiro atoms. The Morgan fingerprint density at radius 2 is 2.10 bits per heavy atom. The topological polar surface area (TPSA) is 75.3 Å². The van der Waals surface area contributed by atoms with Gasteiger partial charge < -0.3 is 10.6 Å². The van der Waals surface area contributed by atoms with E-state index in [4.69, 9.17) is 0 Å². The minimum atomic E-state index is -3.02. The van der Waals surface area contributed by atoms with Gasteiger partial charge in [-0.25, -0.2) is 8.42 Å². The van der Waals surface area contributed by atoms with E-state index in [1.165, 1.54) is 6.26 Å². The van der Waals surface area contributed by atoms with Gasteiger partial charge in [0.2, 0.25) is 0 Å². The molecule has 0 saturated heterocycles. The van der Waals surface area contributed by atoms with E-state index in [0.29, 0.717) is 11.6 Å². The fourth-order valence-corrected chi connectivity index (χ4v) is 3.02. The third kappa shape index (κ3) is 4.85. The Morgan fingerprint density at radius 1 is 1.40 bits per heavy atom. The zero-order valence-corrected chi connectivity index (χ0v) is 12.5. The van der Waals surface area contributed by atoms with Gasteiger partial charge in [0.05, 0.1) is 5.75 Å². The van der Waals surface area contributed by atoms with Gasteiger partial charge >= 0.3 is 0 Å². The van der Waals surface area contributed by atoms with Gasteiger partial charge in [-0.1, -0.05) is 6.07 Å². The number of carbonyl (C=O) groups excluding carboxylic acids is 1. The third-order valence-electron chi connectivity index (χ3n) is 3.00. The highest BCUT2D eigenvalue weighted by atomic mass is 32.2. The van der Waals surface area contributed by atoms with Crippen LogP contribution in [0, 0.1) is 0 Å². The third-order valence-corrected chi connectivity index (χ3v) is 4.11. The van der Waals surface area contributed by atoms with Crippen molar-refractivity contribution in [2.75, 3.05) is 17.3 Å². The maximum Gasteiger partial charge on any atom is 0.251 e. The monoisotopic (exact) mass is 296 g/mol. The highest BCUT2D eigenvalue weighted by Crippen LogP contribution is 2.20. The van der Waals surface area contributed by atoms with Crippen LogP contribution < -0.4 is 10.6 Å². The zero-order chi connectivity index (χ0) is 14.8. The molecule has 110 valence electrons. The Labute approximate surface area is 119 Å². The average Bonchev–Trinajstić information content (AvgIpc) is 3.10. The largest absolute Gasteiger partial charge is 0.382 e. The first-order valence-electron chi connectivity index (χ1n) is 6.69. The predicted octanol–water partition coefficient (Wildman–Crippen LogP) is 1.42. The summed E-state index contributed by atoms with van der Waals surface area (Å²) >= 11 is 0. The van der Waals surface area contributed by atoms with Crippen LogP contribution in [0.2, 0.25) is 0 Å². The van der Waals surface area contributed by atoms with Gasteiger partial charge in [-0.05, 0) is 38.0 Å². The molecule has 1 unspecified atom stereocenters. The van der Waals surface area contributed by atoms with Gasteiger partial charge in [0, 0.05) is 29.6 Å². The van der Waals surface area contributed by atoms with E-state index in [9.17, 15) is 13.2 Å². The molecule has 2 rings (SSSR count). The normalized spacial score (nSPS) is 16.5. The summed E-state index contributed by atoms with van der Waals surface area (Å²) in [6.45, 7) is 1.80. The van der Waals surface area contributed by atoms with Crippen LogP contribution in [-0.4, -0.2) is 38.4 Å². The Morgan fingerprint density at radius 3 is 2.70 bits per heavy atom. The van der Waals surface area contributed by atoms with Crippen LogP contribution in [0.5, 0.6) is 0 Å². The molecule has 1 fully saturated rings. The fraction of sp³-hybridized carbons (Fsp3) is 0.500. The van der Waals surface area contributed by atoms with E-state index in [2.05, 4.69) is 10.6 Å². The first-order chi connectivity index (χ1) is 9.33. The van der Waals surface area contributed by atoms with E-state index in [-0.39, 0.29) is 17.7 Å². The molecule has 5 nitrogen and oxygen atoms in total. The number of hydrogen-bond donors (Lipinski definition) is 2. The molecule has 2 N–H and O–H groups in total. The summed E-state index contributed by atoms with van der Waals surface area (Å²) in [5.74, 6) is -0.0159. The number of benzene rings is 1. The number of sulfone groups is 1. The van der Waals surface area contributed by atoms with Gasteiger partial charge in [-0.15, -0.1) is 0 Å². The first kappa shape index (κ1) is 14.8. The zero-order valence-electron chi connectivity index (χ0n) is 11.7. The SMILES string of the molecule is CC(CS(C)(=O)=O)Nc1cccc(C(=O)NC2CC2)c1. The Balaban J connectivity index is 1.99. The Bertz CT molecular complexity index is 594. The molecule has 1 aliphatic rings. The van der Waals surface area contributed by atoms with Gasteiger partial charge in [-0.2, -0.15) is 0 Å². The molecule has 0 aromatic heterocycles. The van der Waals surface area contributed by atoms with E-state index >= 15 is 0 Å². The van der Waals surface area contributed by atoms with E-state index in [0.717, 1.165) is 18.5 Å². The van der Waals surface area contributed by atoms with Crippen molar-refractivity contribution in [1.29, 1.82) is 0 Å². The second-order valence-corrected chi connectivity index (χ2v) is 7.65. The molecule has 1 saturated carbocycles. The van der Waals surface area contributed by atoms with Crippen LogP contribution in [0.15, 0.2) is 24.3 Å². The second-order valence-electron chi connectivity index (χ2n) is 5.47. The summed E-state index contributed by atoms with van der Waals surface area (Å²) in [7, 11) is -3.02. The van der Waals surface area contributed by atoms with Crippen LogP contribution in [0.1, 0.15) is 30.1 Å². The van der Waals surface area contributed by atoms with Crippen molar-refractivity contribution in [1.82, 2.24) is 5.32 Å². The number of hydrogen-bond acceptors (Lipinski definition) is 4. The number of amides is 1. The molecule has 0 radical (unpaired) electrons. The van der Waals surface area contributed by atoms with Gasteiger partial charge in [0.15, 0.2) is 0 Å². The van der Waals surface area contributed by atoms with Crippen molar-refractivity contribution in [2.24, 2.45) is 0 Å². The molecule has 0 aliphatic heterocycles. The van der Waals surface area contributed by atoms with Crippen molar-refractivity contribution < 1.29 is 13.2 Å². The van der Waals surface area contributed by atoms with Crippen molar-refractivity contribution in [3.05, 3.63) is 29.8 Å². The summed E-state index contributed by atoms with van der Waals surface area (Å²) in [5.41, 5.74) is 1.35. The first-order valence-corrected chi connectivity index (χ1v) is 8.75. The second kappa shape index (κ2) is 5.83. The summed E-state index contributed by atoms with van der Waals surface area (Å²) in [5, 5.41) is 6.03. The van der Waals surface area contributed by atoms with Gasteiger partial charge in [0.1, 0.15) is 9.84 Å². The number of anilines is 1. The lowest BCUT2D eigenvalue weighted by atomic mass is 10.1. The smallest absolute Gasteiger partial charge is 0.251 e. The van der Waals surface area contributed by atoms with Crippen molar-refractivity contribution >= 4 is 21.4 Å². The van der Waals surface area contributed by atoms with Crippen LogP contribution in [0.3, 0.4) is 0 Å². The Hall–Kier alpha value is -1.56. The van der Waals surface area contributed by atoms with E-state index in [1.54, 1.807) is 25.1 Å². The van der Waals surface area contributed by atoms with Crippen molar-refractivity contribution in [3.63, 3.8) is 0 Å². The number of carbonyl (C=O) groups is 1. The lowest BCUT2D eigenvalue weighted by Gasteiger charge is -2.15. The molecule has 1 atom stereocenters. The minimum Gasteiger partial charge on any atom is -0.382 e. The molecule has 0 heterocycles. The summed E-state index contributed by atoms with van der Waals surface area (Å²) in [6, 6.07) is 7.24. The summed E-state index contributed by atoms with van der Waals surface area (Å²) < 4.78 is 22.5. The van der Waals surface area contributed by atoms with Gasteiger partial charge in [0.25, 0.3) is 5.91 Å². The summed E-state index contributed by atoms with van der Waals surface area (Å²) in [4.78, 5) is 11.9. The lowest BCUT2D eigenvalue weighted by molar-refractivity contribution is 0.0951. The van der Waals surface area contributed by atoms with E-state index in [1.807, 2.05) is 6.07 Å². The number of rotatable bonds is 6. The molecule has 20 heavy (non-hydrogen) atoms. The predicted molar refractivity (Wildman–Crippen MR) is 79.7 cm³/mol. The molecular formula is C14H20N2O3S. The molecule has 0 bridgehead atoms. The standard InChI is InChI=1S/C14H20N2O3S/c1-10(9-20(2,18)19)15-13-5-3-4-11(8-13)14(17)16-12-6-7-12/h3-5,8,10,12,15H,6-7,9H2,1-2H3,(H,16,17). The molecule has 1 aliphatic carbocycles. The molecule has 1 aromatic carbocycles. The van der Waals surface area contributed by atoms with Crippen LogP contribution >= 0.6 is 0 Å². The van der Waals surface area contributed by atoms with Gasteiger partial charge in [-0.3, -0.25) is 4.79 Å². The highest BCUT2D eigenvalue weighted by molar-refractivity contribution is 7.90. The maximum absolute atomic E-state index is 11.9. The van der Waals surface area contributed by atoms with Crippen molar-refractivity contribution in [3.8, 4) is 0 Å². The molecule has 1 amide bonds. The highest BCUT2D eigenvalue weighted by Gasteiger charge is 2.23. The molecular weight excluding hydrogens is 276 g/mol. The van der Waals surface area contributed by atoms with Crippen LogP contribution in [-0.2, 0) is 9.84 Å². The lowest BCUT2D eigenvalue weighted by Crippen LogP contribution is -2.26.